The molecule has 0 unspecified atom stereocenters. The first-order valence-corrected chi connectivity index (χ1v) is 9.12. The first kappa shape index (κ1) is 16.7. The van der Waals surface area contributed by atoms with Gasteiger partial charge in [0.2, 0.25) is 0 Å². The monoisotopic (exact) mass is 360 g/mol. The van der Waals surface area contributed by atoms with Crippen LogP contribution in [0, 0.1) is 18.6 Å². The first-order valence-electron chi connectivity index (χ1n) is 8.71. The van der Waals surface area contributed by atoms with Crippen molar-refractivity contribution in [3.63, 3.8) is 0 Å². The van der Waals surface area contributed by atoms with Gasteiger partial charge in [0.25, 0.3) is 0 Å². The second kappa shape index (κ2) is 6.50. The molecule has 0 aliphatic carbocycles. The highest BCUT2D eigenvalue weighted by atomic mass is 32.1. The number of aryl methyl sites for hydroxylation is 2. The van der Waals surface area contributed by atoms with Gasteiger partial charge in [-0.05, 0) is 50.7 Å². The molecule has 4 aromatic rings. The molecule has 4 rings (SSSR count). The second-order valence-corrected chi connectivity index (χ2v) is 6.87. The number of para-hydroxylation sites is 1. The minimum absolute atomic E-state index is 0.636. The molecule has 2 aromatic heterocycles. The van der Waals surface area contributed by atoms with Crippen LogP contribution in [0.4, 0.5) is 0 Å². The molecule has 0 radical (unpaired) electrons. The number of hydrogen-bond donors (Lipinski definition) is 1. The van der Waals surface area contributed by atoms with Gasteiger partial charge >= 0.3 is 0 Å². The van der Waals surface area contributed by atoms with Gasteiger partial charge in [0, 0.05) is 23.1 Å². The summed E-state index contributed by atoms with van der Waals surface area (Å²) in [5.74, 6) is 0.849. The average molecular weight is 360 g/mol. The molecular weight excluding hydrogens is 340 g/mol. The molecule has 130 valence electrons. The summed E-state index contributed by atoms with van der Waals surface area (Å²) in [5, 5.41) is 8.49. The van der Waals surface area contributed by atoms with Gasteiger partial charge in [0.1, 0.15) is 0 Å². The van der Waals surface area contributed by atoms with Gasteiger partial charge in [-0.15, -0.1) is 0 Å². The van der Waals surface area contributed by atoms with Crippen molar-refractivity contribution in [2.45, 2.75) is 27.3 Å². The number of aromatic nitrogens is 4. The summed E-state index contributed by atoms with van der Waals surface area (Å²) in [4.78, 5) is 4.91. The molecule has 0 amide bonds. The molecule has 4 nitrogen and oxygen atoms in total. The molecule has 0 aliphatic rings. The van der Waals surface area contributed by atoms with Crippen molar-refractivity contribution >= 4 is 23.1 Å². The van der Waals surface area contributed by atoms with Crippen molar-refractivity contribution in [2.24, 2.45) is 0 Å². The topological polar surface area (TPSA) is 46.5 Å². The van der Waals surface area contributed by atoms with E-state index < -0.39 is 0 Å². The molecular formula is C21H20N4S. The Balaban J connectivity index is 2.04. The fourth-order valence-electron chi connectivity index (χ4n) is 3.42. The lowest BCUT2D eigenvalue weighted by Crippen LogP contribution is -2.00. The average Bonchev–Trinajstić information content (AvgIpc) is 3.01. The van der Waals surface area contributed by atoms with E-state index in [0.717, 1.165) is 40.1 Å². The number of fused-ring (bicyclic) bond motifs is 1. The van der Waals surface area contributed by atoms with Crippen LogP contribution in [0.1, 0.15) is 18.1 Å². The zero-order valence-corrected chi connectivity index (χ0v) is 15.9. The lowest BCUT2D eigenvalue weighted by atomic mass is 9.99. The Morgan fingerprint density at radius 3 is 2.62 bits per heavy atom. The fourth-order valence-corrected chi connectivity index (χ4v) is 3.68. The molecule has 2 heterocycles. The maximum Gasteiger partial charge on any atom is 0.195 e. The highest BCUT2D eigenvalue weighted by Gasteiger charge is 2.15. The zero-order chi connectivity index (χ0) is 18.3. The largest absolute Gasteiger partial charge is 0.300 e. The third-order valence-electron chi connectivity index (χ3n) is 4.69. The van der Waals surface area contributed by atoms with Gasteiger partial charge in [-0.1, -0.05) is 42.0 Å². The number of pyridine rings is 1. The molecule has 2 aromatic carbocycles. The summed E-state index contributed by atoms with van der Waals surface area (Å²) in [6.07, 6.45) is 0. The van der Waals surface area contributed by atoms with E-state index in [1.807, 2.05) is 22.8 Å². The summed E-state index contributed by atoms with van der Waals surface area (Å²) >= 11 is 5.39. The smallest absolute Gasteiger partial charge is 0.195 e. The van der Waals surface area contributed by atoms with Gasteiger partial charge in [0.05, 0.1) is 11.2 Å². The van der Waals surface area contributed by atoms with Crippen molar-refractivity contribution in [1.29, 1.82) is 0 Å². The number of benzene rings is 2. The van der Waals surface area contributed by atoms with Gasteiger partial charge in [-0.25, -0.2) is 4.98 Å². The van der Waals surface area contributed by atoms with Gasteiger partial charge in [-0.2, -0.15) is 5.10 Å². The van der Waals surface area contributed by atoms with E-state index in [1.165, 1.54) is 11.1 Å². The summed E-state index contributed by atoms with van der Waals surface area (Å²) in [5.41, 5.74) is 6.55. The summed E-state index contributed by atoms with van der Waals surface area (Å²) in [6, 6.07) is 16.8. The fraction of sp³-hybridized carbons (Fsp3) is 0.190. The standard InChI is InChI=1S/C21H20N4S/c1-4-25-20(23-24-21(25)26)17-12-19(15-10-9-13(2)11-14(15)3)22-18-8-6-5-7-16(17)18/h5-12H,4H2,1-3H3,(H,24,26). The van der Waals surface area contributed by atoms with Crippen molar-refractivity contribution in [1.82, 2.24) is 19.7 Å². The van der Waals surface area contributed by atoms with E-state index in [0.29, 0.717) is 4.77 Å². The van der Waals surface area contributed by atoms with Crippen LogP contribution in [0.5, 0.6) is 0 Å². The van der Waals surface area contributed by atoms with Crippen LogP contribution in [0.2, 0.25) is 0 Å². The number of hydrogen-bond acceptors (Lipinski definition) is 3. The van der Waals surface area contributed by atoms with Crippen LogP contribution in [-0.4, -0.2) is 19.7 Å². The lowest BCUT2D eigenvalue weighted by Gasteiger charge is -2.12. The molecule has 0 fully saturated rings. The second-order valence-electron chi connectivity index (χ2n) is 6.49. The van der Waals surface area contributed by atoms with E-state index in [-0.39, 0.29) is 0 Å². The van der Waals surface area contributed by atoms with Gasteiger partial charge < -0.3 is 4.57 Å². The van der Waals surface area contributed by atoms with E-state index >= 15 is 0 Å². The maximum absolute atomic E-state index is 5.39. The molecule has 0 aliphatic heterocycles. The Bertz CT molecular complexity index is 1170. The van der Waals surface area contributed by atoms with E-state index in [9.17, 15) is 0 Å². The van der Waals surface area contributed by atoms with Gasteiger partial charge in [-0.3, -0.25) is 5.10 Å². The SMILES string of the molecule is CCn1c(-c2cc(-c3ccc(C)cc3C)nc3ccccc23)n[nH]c1=S. The third kappa shape index (κ3) is 2.74. The predicted octanol–water partition coefficient (Wildman–Crippen LogP) is 5.46. The third-order valence-corrected chi connectivity index (χ3v) is 5.00. The first-order chi connectivity index (χ1) is 12.6. The van der Waals surface area contributed by atoms with Crippen molar-refractivity contribution < 1.29 is 0 Å². The van der Waals surface area contributed by atoms with Crippen LogP contribution >= 0.6 is 12.2 Å². The van der Waals surface area contributed by atoms with Crippen molar-refractivity contribution in [3.05, 3.63) is 64.4 Å². The number of rotatable bonds is 3. The highest BCUT2D eigenvalue weighted by molar-refractivity contribution is 7.71. The minimum Gasteiger partial charge on any atom is -0.300 e. The van der Waals surface area contributed by atoms with Crippen LogP contribution in [-0.2, 0) is 6.54 Å². The summed E-state index contributed by atoms with van der Waals surface area (Å²) < 4.78 is 2.65. The molecule has 0 atom stereocenters. The van der Waals surface area contributed by atoms with Gasteiger partial charge in [0.15, 0.2) is 10.6 Å². The predicted molar refractivity (Wildman–Crippen MR) is 109 cm³/mol. The Morgan fingerprint density at radius 2 is 1.85 bits per heavy atom. The van der Waals surface area contributed by atoms with Crippen LogP contribution in [0.15, 0.2) is 48.5 Å². The van der Waals surface area contributed by atoms with Crippen LogP contribution in [0.3, 0.4) is 0 Å². The molecule has 1 N–H and O–H groups in total. The van der Waals surface area contributed by atoms with Crippen molar-refractivity contribution in [3.8, 4) is 22.6 Å². The number of nitrogens with one attached hydrogen (secondary N) is 1. The molecule has 0 spiro atoms. The Kier molecular flexibility index (Phi) is 4.17. The van der Waals surface area contributed by atoms with Crippen LogP contribution in [0.25, 0.3) is 33.5 Å². The summed E-state index contributed by atoms with van der Waals surface area (Å²) in [6.45, 7) is 7.07. The normalized spacial score (nSPS) is 11.2. The van der Waals surface area contributed by atoms with E-state index in [1.54, 1.807) is 0 Å². The number of nitrogens with zero attached hydrogens (tertiary/aromatic N) is 3. The molecule has 0 bridgehead atoms. The quantitative estimate of drug-likeness (QED) is 0.494. The molecule has 0 saturated carbocycles. The lowest BCUT2D eigenvalue weighted by molar-refractivity contribution is 0.756. The maximum atomic E-state index is 5.39. The summed E-state index contributed by atoms with van der Waals surface area (Å²) in [7, 11) is 0. The number of H-pyrrole nitrogens is 1. The molecule has 0 saturated heterocycles. The molecule has 26 heavy (non-hydrogen) atoms. The Morgan fingerprint density at radius 1 is 1.04 bits per heavy atom. The van der Waals surface area contributed by atoms with E-state index in [2.05, 4.69) is 61.3 Å². The van der Waals surface area contributed by atoms with Crippen LogP contribution < -0.4 is 0 Å². The Hall–Kier alpha value is -2.79. The van der Waals surface area contributed by atoms with Crippen molar-refractivity contribution in [2.75, 3.05) is 0 Å². The highest BCUT2D eigenvalue weighted by Crippen LogP contribution is 2.32. The Labute approximate surface area is 157 Å². The van der Waals surface area contributed by atoms with E-state index in [4.69, 9.17) is 17.2 Å². The zero-order valence-electron chi connectivity index (χ0n) is 15.1. The minimum atomic E-state index is 0.636. The molecule has 5 heteroatoms. The number of aromatic amines is 1.